The minimum atomic E-state index is -0.660. The number of halogens is 1. The number of piperidine rings is 1. The molecule has 2 rings (SSSR count). The Hall–Kier alpha value is -1.95. The molecule has 1 amide bonds. The first kappa shape index (κ1) is 18.4. The van der Waals surface area contributed by atoms with Gasteiger partial charge in [0.05, 0.1) is 17.8 Å². The number of nitrogens with two attached hydrogens (primary N) is 1. The minimum absolute atomic E-state index is 0.148. The van der Waals surface area contributed by atoms with E-state index in [9.17, 15) is 9.59 Å². The van der Waals surface area contributed by atoms with Crippen molar-refractivity contribution in [3.63, 3.8) is 0 Å². The molecule has 0 saturated carbocycles. The zero-order valence-corrected chi connectivity index (χ0v) is 14.8. The molecule has 1 heterocycles. The summed E-state index contributed by atoms with van der Waals surface area (Å²) < 4.78 is 10.3. The molecule has 2 N–H and O–H groups in total. The van der Waals surface area contributed by atoms with Crippen LogP contribution in [-0.4, -0.2) is 43.1 Å². The van der Waals surface area contributed by atoms with Gasteiger partial charge < -0.3 is 20.1 Å². The van der Waals surface area contributed by atoms with Crippen LogP contribution >= 0.6 is 11.6 Å². The lowest BCUT2D eigenvalue weighted by Crippen LogP contribution is -2.45. The van der Waals surface area contributed by atoms with Crippen LogP contribution in [0.2, 0.25) is 5.02 Å². The molecule has 7 heteroatoms. The van der Waals surface area contributed by atoms with Crippen molar-refractivity contribution >= 4 is 29.2 Å². The fraction of sp³-hybridized carbons (Fsp3) is 0.529. The number of hydrogen-bond donors (Lipinski definition) is 1. The average molecular weight is 355 g/mol. The molecule has 1 saturated heterocycles. The van der Waals surface area contributed by atoms with Crippen molar-refractivity contribution in [1.29, 1.82) is 0 Å². The van der Waals surface area contributed by atoms with Gasteiger partial charge in [-0.3, -0.25) is 4.79 Å². The van der Waals surface area contributed by atoms with E-state index < -0.39 is 5.97 Å². The molecule has 1 atom stereocenters. The van der Waals surface area contributed by atoms with Gasteiger partial charge in [0.25, 0.3) is 5.91 Å². The van der Waals surface area contributed by atoms with Crippen LogP contribution in [0.25, 0.3) is 0 Å². The standard InChI is InChI=1S/C17H23ClN2O4/c1-3-11-6-4-5-7-20(11)16(21)10-24-17(22)12-8-13(18)14(19)9-15(12)23-2/h8-9,11H,3-7,10,19H2,1-2H3/t11-/m1/s1. The second-order valence-corrected chi connectivity index (χ2v) is 6.20. The normalized spacial score (nSPS) is 17.5. The van der Waals surface area contributed by atoms with Gasteiger partial charge in [-0.05, 0) is 31.7 Å². The van der Waals surface area contributed by atoms with Gasteiger partial charge in [-0.1, -0.05) is 18.5 Å². The van der Waals surface area contributed by atoms with Crippen LogP contribution in [0.3, 0.4) is 0 Å². The van der Waals surface area contributed by atoms with Gasteiger partial charge >= 0.3 is 5.97 Å². The predicted molar refractivity (Wildman–Crippen MR) is 92.3 cm³/mol. The van der Waals surface area contributed by atoms with Gasteiger partial charge in [0.1, 0.15) is 11.3 Å². The van der Waals surface area contributed by atoms with E-state index in [1.54, 1.807) is 0 Å². The highest BCUT2D eigenvalue weighted by Crippen LogP contribution is 2.29. The predicted octanol–water partition coefficient (Wildman–Crippen LogP) is 2.88. The summed E-state index contributed by atoms with van der Waals surface area (Å²) in [6.45, 7) is 2.48. The summed E-state index contributed by atoms with van der Waals surface area (Å²) in [7, 11) is 1.42. The van der Waals surface area contributed by atoms with Gasteiger partial charge in [0.2, 0.25) is 0 Å². The molecule has 1 aliphatic heterocycles. The molecule has 1 fully saturated rings. The third-order valence-electron chi connectivity index (χ3n) is 4.28. The second kappa shape index (κ2) is 8.24. The fourth-order valence-electron chi connectivity index (χ4n) is 2.94. The summed E-state index contributed by atoms with van der Waals surface area (Å²) in [5.74, 6) is -0.568. The first-order valence-corrected chi connectivity index (χ1v) is 8.45. The molecule has 0 unspecified atom stereocenters. The van der Waals surface area contributed by atoms with E-state index in [4.69, 9.17) is 26.8 Å². The van der Waals surface area contributed by atoms with E-state index in [2.05, 4.69) is 6.92 Å². The van der Waals surface area contributed by atoms with Crippen molar-refractivity contribution in [2.24, 2.45) is 0 Å². The zero-order chi connectivity index (χ0) is 17.7. The molecular weight excluding hydrogens is 332 g/mol. The van der Waals surface area contributed by atoms with Gasteiger partial charge in [0, 0.05) is 18.7 Å². The Balaban J connectivity index is 2.02. The van der Waals surface area contributed by atoms with Crippen LogP contribution in [0.15, 0.2) is 12.1 Å². The maximum atomic E-state index is 12.4. The van der Waals surface area contributed by atoms with E-state index in [1.165, 1.54) is 19.2 Å². The molecule has 6 nitrogen and oxygen atoms in total. The first-order valence-electron chi connectivity index (χ1n) is 8.07. The first-order chi connectivity index (χ1) is 11.5. The topological polar surface area (TPSA) is 81.9 Å². The Kier molecular flexibility index (Phi) is 6.31. The number of methoxy groups -OCH3 is 1. The fourth-order valence-corrected chi connectivity index (χ4v) is 3.10. The SMILES string of the molecule is CC[C@@H]1CCCCN1C(=O)COC(=O)c1cc(Cl)c(N)cc1OC. The Morgan fingerprint density at radius 3 is 2.79 bits per heavy atom. The lowest BCUT2D eigenvalue weighted by atomic mass is 10.00. The Bertz CT molecular complexity index is 621. The van der Waals surface area contributed by atoms with Crippen LogP contribution in [0.5, 0.6) is 5.75 Å². The van der Waals surface area contributed by atoms with Gasteiger partial charge in [0.15, 0.2) is 6.61 Å². The summed E-state index contributed by atoms with van der Waals surface area (Å²) in [6, 6.07) is 3.07. The number of carbonyl (C=O) groups excluding carboxylic acids is 2. The molecule has 24 heavy (non-hydrogen) atoms. The highest BCUT2D eigenvalue weighted by molar-refractivity contribution is 6.33. The summed E-state index contributed by atoms with van der Waals surface area (Å²) in [6.07, 6.45) is 4.01. The number of carbonyl (C=O) groups is 2. The van der Waals surface area contributed by atoms with Crippen molar-refractivity contribution in [1.82, 2.24) is 4.90 Å². The molecule has 0 spiro atoms. The van der Waals surface area contributed by atoms with Crippen molar-refractivity contribution in [2.45, 2.75) is 38.6 Å². The monoisotopic (exact) mass is 354 g/mol. The summed E-state index contributed by atoms with van der Waals surface area (Å²) in [4.78, 5) is 26.4. The van der Waals surface area contributed by atoms with Crippen LogP contribution in [0.1, 0.15) is 43.0 Å². The second-order valence-electron chi connectivity index (χ2n) is 5.80. The summed E-state index contributed by atoms with van der Waals surface area (Å²) in [5, 5.41) is 0.233. The third-order valence-corrected chi connectivity index (χ3v) is 4.61. The van der Waals surface area contributed by atoms with Crippen LogP contribution in [0.4, 0.5) is 5.69 Å². The van der Waals surface area contributed by atoms with Gasteiger partial charge in [-0.2, -0.15) is 0 Å². The third kappa shape index (κ3) is 4.12. The zero-order valence-electron chi connectivity index (χ0n) is 14.0. The van der Waals surface area contributed by atoms with Gasteiger partial charge in [-0.15, -0.1) is 0 Å². The Morgan fingerprint density at radius 1 is 1.38 bits per heavy atom. The molecule has 0 radical (unpaired) electrons. The van der Waals surface area contributed by atoms with E-state index >= 15 is 0 Å². The summed E-state index contributed by atoms with van der Waals surface area (Å²) in [5.41, 5.74) is 6.14. The van der Waals surface area contributed by atoms with Crippen molar-refractivity contribution < 1.29 is 19.1 Å². The average Bonchev–Trinajstić information content (AvgIpc) is 2.61. The molecule has 132 valence electrons. The number of hydrogen-bond acceptors (Lipinski definition) is 5. The minimum Gasteiger partial charge on any atom is -0.496 e. The Labute approximate surface area is 146 Å². The number of anilines is 1. The van der Waals surface area contributed by atoms with Crippen molar-refractivity contribution in [3.05, 3.63) is 22.7 Å². The molecule has 1 aliphatic rings. The number of nitrogen functional groups attached to an aromatic ring is 1. The highest BCUT2D eigenvalue weighted by Gasteiger charge is 2.26. The number of esters is 1. The van der Waals surface area contributed by atoms with Crippen LogP contribution in [-0.2, 0) is 9.53 Å². The molecule has 0 aromatic heterocycles. The highest BCUT2D eigenvalue weighted by atomic mass is 35.5. The number of benzene rings is 1. The quantitative estimate of drug-likeness (QED) is 0.649. The number of rotatable bonds is 5. The molecule has 1 aromatic carbocycles. The molecule has 0 aliphatic carbocycles. The van der Waals surface area contributed by atoms with Gasteiger partial charge in [-0.25, -0.2) is 4.79 Å². The number of likely N-dealkylation sites (tertiary alicyclic amines) is 1. The summed E-state index contributed by atoms with van der Waals surface area (Å²) >= 11 is 5.95. The smallest absolute Gasteiger partial charge is 0.342 e. The lowest BCUT2D eigenvalue weighted by Gasteiger charge is -2.35. The number of amides is 1. The van der Waals surface area contributed by atoms with Crippen LogP contribution < -0.4 is 10.5 Å². The maximum absolute atomic E-state index is 12.4. The van der Waals surface area contributed by atoms with E-state index in [1.807, 2.05) is 4.90 Å². The molecule has 0 bridgehead atoms. The Morgan fingerprint density at radius 2 is 2.12 bits per heavy atom. The number of nitrogens with zero attached hydrogens (tertiary/aromatic N) is 1. The van der Waals surface area contributed by atoms with E-state index in [0.29, 0.717) is 12.2 Å². The van der Waals surface area contributed by atoms with Crippen molar-refractivity contribution in [3.8, 4) is 5.75 Å². The van der Waals surface area contributed by atoms with E-state index in [-0.39, 0.29) is 34.9 Å². The maximum Gasteiger partial charge on any atom is 0.342 e. The van der Waals surface area contributed by atoms with E-state index in [0.717, 1.165) is 25.7 Å². The van der Waals surface area contributed by atoms with Crippen LogP contribution in [0, 0.1) is 0 Å². The molecule has 1 aromatic rings. The lowest BCUT2D eigenvalue weighted by molar-refractivity contribution is -0.138. The largest absolute Gasteiger partial charge is 0.496 e. The number of ether oxygens (including phenoxy) is 2. The van der Waals surface area contributed by atoms with Crippen molar-refractivity contribution in [2.75, 3.05) is 26.0 Å². The molecular formula is C17H23ClN2O4.